The molecule has 0 saturated heterocycles. The van der Waals surface area contributed by atoms with E-state index >= 15 is 0 Å². The Kier molecular flexibility index (Phi) is 3.01. The zero-order valence-corrected chi connectivity index (χ0v) is 12.4. The maximum absolute atomic E-state index is 4.51. The molecule has 0 radical (unpaired) electrons. The van der Waals surface area contributed by atoms with Crippen molar-refractivity contribution in [2.75, 3.05) is 5.32 Å². The molecule has 2 heteroatoms. The van der Waals surface area contributed by atoms with Crippen LogP contribution in [0, 0.1) is 6.92 Å². The van der Waals surface area contributed by atoms with Crippen LogP contribution < -0.4 is 5.32 Å². The zero-order chi connectivity index (χ0) is 14.9. The average Bonchev–Trinajstić information content (AvgIpc) is 2.55. The molecule has 0 aliphatic carbocycles. The number of hydrogen-bond donors (Lipinski definition) is 1. The molecule has 1 aromatic heterocycles. The number of aryl methyl sites for hydroxylation is 1. The Balaban J connectivity index is 1.86. The second-order valence-electron chi connectivity index (χ2n) is 5.57. The van der Waals surface area contributed by atoms with Crippen molar-refractivity contribution in [3.8, 4) is 0 Å². The quantitative estimate of drug-likeness (QED) is 0.496. The summed E-state index contributed by atoms with van der Waals surface area (Å²) in [5.41, 5.74) is 4.44. The Morgan fingerprint density at radius 2 is 1.55 bits per heavy atom. The average molecular weight is 284 g/mol. The first-order valence-corrected chi connectivity index (χ1v) is 7.41. The number of anilines is 2. The Morgan fingerprint density at radius 3 is 2.32 bits per heavy atom. The van der Waals surface area contributed by atoms with Gasteiger partial charge in [-0.1, -0.05) is 42.0 Å². The van der Waals surface area contributed by atoms with Gasteiger partial charge in [-0.05, 0) is 48.0 Å². The standard InChI is InChI=1S/C20H16N2/c1-14-6-8-17(9-7-14)22-19-10-11-21-20-13-16-5-3-2-4-15(16)12-18(19)20/h2-13H,1H3,(H,21,22). The molecule has 0 atom stereocenters. The van der Waals surface area contributed by atoms with E-state index in [1.165, 1.54) is 16.3 Å². The van der Waals surface area contributed by atoms with Gasteiger partial charge in [0.2, 0.25) is 0 Å². The summed E-state index contributed by atoms with van der Waals surface area (Å²) in [7, 11) is 0. The van der Waals surface area contributed by atoms with Crippen LogP contribution in [0.25, 0.3) is 21.7 Å². The Hall–Kier alpha value is -2.87. The molecule has 4 rings (SSSR count). The van der Waals surface area contributed by atoms with Crippen molar-refractivity contribution < 1.29 is 0 Å². The molecule has 22 heavy (non-hydrogen) atoms. The second kappa shape index (κ2) is 5.15. The molecular formula is C20H16N2. The molecule has 0 amide bonds. The summed E-state index contributed by atoms with van der Waals surface area (Å²) in [5.74, 6) is 0. The van der Waals surface area contributed by atoms with Gasteiger partial charge in [-0.15, -0.1) is 0 Å². The van der Waals surface area contributed by atoms with Crippen LogP contribution >= 0.6 is 0 Å². The fraction of sp³-hybridized carbons (Fsp3) is 0.0500. The minimum absolute atomic E-state index is 1.01. The van der Waals surface area contributed by atoms with Gasteiger partial charge in [-0.2, -0.15) is 0 Å². The largest absolute Gasteiger partial charge is 0.355 e. The van der Waals surface area contributed by atoms with Gasteiger partial charge in [0.05, 0.1) is 5.52 Å². The molecule has 106 valence electrons. The van der Waals surface area contributed by atoms with Crippen LogP contribution in [0.2, 0.25) is 0 Å². The predicted octanol–water partition coefficient (Wildman–Crippen LogP) is 5.44. The number of rotatable bonds is 2. The summed E-state index contributed by atoms with van der Waals surface area (Å²) in [5, 5.41) is 7.09. The lowest BCUT2D eigenvalue weighted by atomic mass is 10.1. The molecule has 1 heterocycles. The second-order valence-corrected chi connectivity index (χ2v) is 5.57. The van der Waals surface area contributed by atoms with Crippen LogP contribution in [0.5, 0.6) is 0 Å². The van der Waals surface area contributed by atoms with Crippen molar-refractivity contribution in [3.05, 3.63) is 78.5 Å². The normalized spacial score (nSPS) is 11.0. The molecular weight excluding hydrogens is 268 g/mol. The highest BCUT2D eigenvalue weighted by Crippen LogP contribution is 2.29. The number of hydrogen-bond acceptors (Lipinski definition) is 2. The molecule has 3 aromatic carbocycles. The molecule has 0 saturated carbocycles. The summed E-state index contributed by atoms with van der Waals surface area (Å²) in [6.07, 6.45) is 1.85. The Bertz CT molecular complexity index is 956. The Morgan fingerprint density at radius 1 is 0.818 bits per heavy atom. The van der Waals surface area contributed by atoms with Gasteiger partial charge in [0.25, 0.3) is 0 Å². The highest BCUT2D eigenvalue weighted by Gasteiger charge is 2.04. The topological polar surface area (TPSA) is 24.9 Å². The fourth-order valence-corrected chi connectivity index (χ4v) is 2.73. The smallest absolute Gasteiger partial charge is 0.0729 e. The first-order chi connectivity index (χ1) is 10.8. The highest BCUT2D eigenvalue weighted by molar-refractivity contribution is 6.02. The number of nitrogens with zero attached hydrogens (tertiary/aromatic N) is 1. The van der Waals surface area contributed by atoms with Gasteiger partial charge in [0.15, 0.2) is 0 Å². The molecule has 0 aliphatic rings. The third kappa shape index (κ3) is 2.29. The van der Waals surface area contributed by atoms with E-state index in [1.807, 2.05) is 12.3 Å². The van der Waals surface area contributed by atoms with E-state index in [2.05, 4.69) is 77.9 Å². The van der Waals surface area contributed by atoms with Gasteiger partial charge in [0, 0.05) is 23.0 Å². The van der Waals surface area contributed by atoms with Crippen LogP contribution in [0.3, 0.4) is 0 Å². The number of fused-ring (bicyclic) bond motifs is 2. The molecule has 0 spiro atoms. The van der Waals surface area contributed by atoms with E-state index in [1.54, 1.807) is 0 Å². The summed E-state index contributed by atoms with van der Waals surface area (Å²) in [4.78, 5) is 4.51. The highest BCUT2D eigenvalue weighted by atomic mass is 14.9. The zero-order valence-electron chi connectivity index (χ0n) is 12.4. The van der Waals surface area contributed by atoms with Crippen LogP contribution in [0.4, 0.5) is 11.4 Å². The van der Waals surface area contributed by atoms with E-state index in [9.17, 15) is 0 Å². The minimum atomic E-state index is 1.01. The molecule has 0 fully saturated rings. The summed E-state index contributed by atoms with van der Waals surface area (Å²) in [6, 6.07) is 23.2. The predicted molar refractivity (Wildman–Crippen MR) is 93.7 cm³/mol. The summed E-state index contributed by atoms with van der Waals surface area (Å²) in [6.45, 7) is 2.09. The van der Waals surface area contributed by atoms with Crippen LogP contribution in [-0.2, 0) is 0 Å². The number of nitrogens with one attached hydrogen (secondary N) is 1. The number of benzene rings is 3. The minimum Gasteiger partial charge on any atom is -0.355 e. The van der Waals surface area contributed by atoms with Crippen LogP contribution in [0.1, 0.15) is 5.56 Å². The molecule has 0 bridgehead atoms. The van der Waals surface area contributed by atoms with Gasteiger partial charge in [0.1, 0.15) is 0 Å². The lowest BCUT2D eigenvalue weighted by Crippen LogP contribution is -1.92. The Labute approximate surface area is 129 Å². The van der Waals surface area contributed by atoms with Gasteiger partial charge < -0.3 is 5.32 Å². The molecule has 2 nitrogen and oxygen atoms in total. The van der Waals surface area contributed by atoms with Gasteiger partial charge >= 0.3 is 0 Å². The van der Waals surface area contributed by atoms with E-state index in [4.69, 9.17) is 0 Å². The van der Waals surface area contributed by atoms with E-state index in [-0.39, 0.29) is 0 Å². The SMILES string of the molecule is Cc1ccc(Nc2ccnc3cc4ccccc4cc23)cc1. The maximum atomic E-state index is 4.51. The number of pyridine rings is 1. The van der Waals surface area contributed by atoms with Crippen LogP contribution in [0.15, 0.2) is 72.9 Å². The number of aromatic nitrogens is 1. The molecule has 1 N–H and O–H groups in total. The van der Waals surface area contributed by atoms with Gasteiger partial charge in [-0.25, -0.2) is 0 Å². The summed E-state index contributed by atoms with van der Waals surface area (Å²) >= 11 is 0. The lowest BCUT2D eigenvalue weighted by molar-refractivity contribution is 1.40. The third-order valence-electron chi connectivity index (χ3n) is 3.94. The van der Waals surface area contributed by atoms with Crippen molar-refractivity contribution in [1.29, 1.82) is 0 Å². The first kappa shape index (κ1) is 12.8. The molecule has 0 aliphatic heterocycles. The van der Waals surface area contributed by atoms with Crippen molar-refractivity contribution in [3.63, 3.8) is 0 Å². The summed E-state index contributed by atoms with van der Waals surface area (Å²) < 4.78 is 0. The third-order valence-corrected chi connectivity index (χ3v) is 3.94. The van der Waals surface area contributed by atoms with Crippen molar-refractivity contribution in [1.82, 2.24) is 4.98 Å². The maximum Gasteiger partial charge on any atom is 0.0729 e. The van der Waals surface area contributed by atoms with E-state index in [0.717, 1.165) is 22.3 Å². The fourth-order valence-electron chi connectivity index (χ4n) is 2.73. The van der Waals surface area contributed by atoms with E-state index < -0.39 is 0 Å². The van der Waals surface area contributed by atoms with Crippen LogP contribution in [-0.4, -0.2) is 4.98 Å². The lowest BCUT2D eigenvalue weighted by Gasteiger charge is -2.10. The van der Waals surface area contributed by atoms with Crippen molar-refractivity contribution >= 4 is 33.1 Å². The van der Waals surface area contributed by atoms with Gasteiger partial charge in [-0.3, -0.25) is 4.98 Å². The van der Waals surface area contributed by atoms with Crippen molar-refractivity contribution in [2.45, 2.75) is 6.92 Å². The monoisotopic (exact) mass is 284 g/mol. The van der Waals surface area contributed by atoms with E-state index in [0.29, 0.717) is 0 Å². The van der Waals surface area contributed by atoms with Crippen molar-refractivity contribution in [2.24, 2.45) is 0 Å². The first-order valence-electron chi connectivity index (χ1n) is 7.41. The molecule has 4 aromatic rings. The molecule has 0 unspecified atom stereocenters.